The molecule has 3 aromatic rings. The van der Waals surface area contributed by atoms with Crippen molar-refractivity contribution >= 4 is 17.4 Å². The number of benzene rings is 3. The van der Waals surface area contributed by atoms with Crippen LogP contribution in [0.2, 0.25) is 0 Å². The standard InChI is InChI=1S/C20H15F3N2O/c21-20(22,23)16-8-12-18(13-9-16)25-19(26)24-17-10-6-15(7-11-17)14-4-2-1-3-5-14/h1-13H,(H2,24,25,26). The van der Waals surface area contributed by atoms with Gasteiger partial charge in [-0.2, -0.15) is 13.2 Å². The van der Waals surface area contributed by atoms with Gasteiger partial charge in [-0.1, -0.05) is 42.5 Å². The summed E-state index contributed by atoms with van der Waals surface area (Å²) in [6.07, 6.45) is -4.40. The van der Waals surface area contributed by atoms with Crippen LogP contribution in [-0.4, -0.2) is 6.03 Å². The average molecular weight is 356 g/mol. The number of urea groups is 1. The molecule has 0 aliphatic heterocycles. The van der Waals surface area contributed by atoms with Crippen LogP contribution in [0.25, 0.3) is 11.1 Å². The molecule has 0 fully saturated rings. The number of rotatable bonds is 3. The Bertz CT molecular complexity index is 874. The second-order valence-electron chi connectivity index (χ2n) is 5.60. The number of amides is 2. The summed E-state index contributed by atoms with van der Waals surface area (Å²) in [6.45, 7) is 0. The number of anilines is 2. The van der Waals surface area contributed by atoms with Gasteiger partial charge in [0.05, 0.1) is 5.56 Å². The molecule has 0 aromatic heterocycles. The number of hydrogen-bond donors (Lipinski definition) is 2. The first kappa shape index (κ1) is 17.5. The Kier molecular flexibility index (Phi) is 4.93. The summed E-state index contributed by atoms with van der Waals surface area (Å²) in [4.78, 5) is 12.0. The molecule has 0 unspecified atom stereocenters. The first-order chi connectivity index (χ1) is 12.4. The van der Waals surface area contributed by atoms with Crippen LogP contribution in [0.3, 0.4) is 0 Å². The van der Waals surface area contributed by atoms with Gasteiger partial charge in [0, 0.05) is 11.4 Å². The van der Waals surface area contributed by atoms with Gasteiger partial charge in [0.25, 0.3) is 0 Å². The SMILES string of the molecule is O=C(Nc1ccc(-c2ccccc2)cc1)Nc1ccc(C(F)(F)F)cc1. The van der Waals surface area contributed by atoms with Gasteiger partial charge in [0.15, 0.2) is 0 Å². The summed E-state index contributed by atoms with van der Waals surface area (Å²) in [5.41, 5.74) is 2.16. The Balaban J connectivity index is 1.61. The lowest BCUT2D eigenvalue weighted by Crippen LogP contribution is -2.19. The average Bonchev–Trinajstić information content (AvgIpc) is 2.63. The third kappa shape index (κ3) is 4.42. The van der Waals surface area contributed by atoms with Gasteiger partial charge in [-0.05, 0) is 47.5 Å². The summed E-state index contributed by atoms with van der Waals surface area (Å²) in [5, 5.41) is 5.14. The van der Waals surface area contributed by atoms with E-state index in [0.717, 1.165) is 23.3 Å². The molecule has 0 heterocycles. The Labute approximate surface area is 148 Å². The quantitative estimate of drug-likeness (QED) is 0.592. The molecule has 0 spiro atoms. The maximum atomic E-state index is 12.5. The minimum Gasteiger partial charge on any atom is -0.308 e. The molecule has 0 bridgehead atoms. The molecule has 0 radical (unpaired) electrons. The minimum atomic E-state index is -4.40. The largest absolute Gasteiger partial charge is 0.416 e. The molecular formula is C20H15F3N2O. The fraction of sp³-hybridized carbons (Fsp3) is 0.0500. The van der Waals surface area contributed by atoms with Crippen molar-refractivity contribution in [1.82, 2.24) is 0 Å². The molecule has 3 rings (SSSR count). The first-order valence-electron chi connectivity index (χ1n) is 7.82. The van der Waals surface area contributed by atoms with Crippen LogP contribution in [0.5, 0.6) is 0 Å². The molecule has 3 aromatic carbocycles. The minimum absolute atomic E-state index is 0.274. The summed E-state index contributed by atoms with van der Waals surface area (Å²) < 4.78 is 37.6. The highest BCUT2D eigenvalue weighted by Gasteiger charge is 2.29. The lowest BCUT2D eigenvalue weighted by molar-refractivity contribution is -0.137. The van der Waals surface area contributed by atoms with Crippen LogP contribution < -0.4 is 10.6 Å². The lowest BCUT2D eigenvalue weighted by Gasteiger charge is -2.10. The number of halogens is 3. The van der Waals surface area contributed by atoms with Gasteiger partial charge < -0.3 is 10.6 Å². The van der Waals surface area contributed by atoms with Crippen molar-refractivity contribution in [2.24, 2.45) is 0 Å². The van der Waals surface area contributed by atoms with Crippen molar-refractivity contribution in [3.8, 4) is 11.1 Å². The van der Waals surface area contributed by atoms with Gasteiger partial charge in [-0.25, -0.2) is 4.79 Å². The van der Waals surface area contributed by atoms with Crippen molar-refractivity contribution in [3.05, 3.63) is 84.4 Å². The summed E-state index contributed by atoms with van der Waals surface area (Å²) in [6, 6.07) is 20.8. The Morgan fingerprint density at radius 2 is 1.12 bits per heavy atom. The third-order valence-electron chi connectivity index (χ3n) is 3.72. The molecule has 0 saturated heterocycles. The van der Waals surface area contributed by atoms with Crippen LogP contribution in [0, 0.1) is 0 Å². The normalized spacial score (nSPS) is 11.0. The van der Waals surface area contributed by atoms with Crippen LogP contribution in [0.15, 0.2) is 78.9 Å². The second-order valence-corrected chi connectivity index (χ2v) is 5.60. The maximum Gasteiger partial charge on any atom is 0.416 e. The topological polar surface area (TPSA) is 41.1 Å². The van der Waals surface area contributed by atoms with E-state index < -0.39 is 17.8 Å². The van der Waals surface area contributed by atoms with Crippen molar-refractivity contribution in [3.63, 3.8) is 0 Å². The molecule has 6 heteroatoms. The first-order valence-corrected chi connectivity index (χ1v) is 7.82. The molecule has 0 saturated carbocycles. The van der Waals surface area contributed by atoms with E-state index in [9.17, 15) is 18.0 Å². The summed E-state index contributed by atoms with van der Waals surface area (Å²) >= 11 is 0. The molecule has 0 atom stereocenters. The van der Waals surface area contributed by atoms with E-state index in [-0.39, 0.29) is 5.69 Å². The van der Waals surface area contributed by atoms with E-state index in [0.29, 0.717) is 5.69 Å². The van der Waals surface area contributed by atoms with Crippen molar-refractivity contribution in [2.45, 2.75) is 6.18 Å². The van der Waals surface area contributed by atoms with E-state index in [4.69, 9.17) is 0 Å². The van der Waals surface area contributed by atoms with Gasteiger partial charge in [-0.3, -0.25) is 0 Å². The van der Waals surface area contributed by atoms with Gasteiger partial charge in [-0.15, -0.1) is 0 Å². The fourth-order valence-corrected chi connectivity index (χ4v) is 2.41. The van der Waals surface area contributed by atoms with E-state index in [1.807, 2.05) is 42.5 Å². The Hall–Kier alpha value is -3.28. The molecule has 2 amide bonds. The molecular weight excluding hydrogens is 341 g/mol. The van der Waals surface area contributed by atoms with Crippen molar-refractivity contribution < 1.29 is 18.0 Å². The zero-order valence-electron chi connectivity index (χ0n) is 13.5. The van der Waals surface area contributed by atoms with Crippen LogP contribution in [0.4, 0.5) is 29.3 Å². The van der Waals surface area contributed by atoms with Crippen molar-refractivity contribution in [2.75, 3.05) is 10.6 Å². The predicted molar refractivity (Wildman–Crippen MR) is 96.0 cm³/mol. The predicted octanol–water partition coefficient (Wildman–Crippen LogP) is 6.02. The number of alkyl halides is 3. The smallest absolute Gasteiger partial charge is 0.308 e. The maximum absolute atomic E-state index is 12.5. The molecule has 0 aliphatic rings. The van der Waals surface area contributed by atoms with E-state index in [1.165, 1.54) is 12.1 Å². The monoisotopic (exact) mass is 356 g/mol. The molecule has 26 heavy (non-hydrogen) atoms. The summed E-state index contributed by atoms with van der Waals surface area (Å²) in [5.74, 6) is 0. The molecule has 2 N–H and O–H groups in total. The zero-order chi connectivity index (χ0) is 18.6. The number of carbonyl (C=O) groups excluding carboxylic acids is 1. The lowest BCUT2D eigenvalue weighted by atomic mass is 10.1. The van der Waals surface area contributed by atoms with E-state index in [2.05, 4.69) is 10.6 Å². The van der Waals surface area contributed by atoms with Crippen molar-refractivity contribution in [1.29, 1.82) is 0 Å². The third-order valence-corrected chi connectivity index (χ3v) is 3.72. The molecule has 132 valence electrons. The van der Waals surface area contributed by atoms with Crippen LogP contribution in [-0.2, 0) is 6.18 Å². The van der Waals surface area contributed by atoms with E-state index in [1.54, 1.807) is 12.1 Å². The fourth-order valence-electron chi connectivity index (χ4n) is 2.41. The number of nitrogens with one attached hydrogen (secondary N) is 2. The Morgan fingerprint density at radius 1 is 0.654 bits per heavy atom. The van der Waals surface area contributed by atoms with Crippen LogP contribution in [0.1, 0.15) is 5.56 Å². The molecule has 3 nitrogen and oxygen atoms in total. The highest BCUT2D eigenvalue weighted by molar-refractivity contribution is 5.99. The Morgan fingerprint density at radius 3 is 1.62 bits per heavy atom. The molecule has 0 aliphatic carbocycles. The van der Waals surface area contributed by atoms with Crippen LogP contribution >= 0.6 is 0 Å². The second kappa shape index (κ2) is 7.31. The van der Waals surface area contributed by atoms with Gasteiger partial charge in [0.2, 0.25) is 0 Å². The van der Waals surface area contributed by atoms with Gasteiger partial charge >= 0.3 is 12.2 Å². The zero-order valence-corrected chi connectivity index (χ0v) is 13.5. The van der Waals surface area contributed by atoms with E-state index >= 15 is 0 Å². The highest BCUT2D eigenvalue weighted by atomic mass is 19.4. The number of hydrogen-bond acceptors (Lipinski definition) is 1. The number of carbonyl (C=O) groups is 1. The summed E-state index contributed by atoms with van der Waals surface area (Å²) in [7, 11) is 0. The highest BCUT2D eigenvalue weighted by Crippen LogP contribution is 2.29. The van der Waals surface area contributed by atoms with Gasteiger partial charge in [0.1, 0.15) is 0 Å².